The highest BCUT2D eigenvalue weighted by molar-refractivity contribution is 7.68. The second kappa shape index (κ2) is 11.5. The van der Waals surface area contributed by atoms with Gasteiger partial charge in [-0.15, -0.1) is 0 Å². The summed E-state index contributed by atoms with van der Waals surface area (Å²) in [5.41, 5.74) is 8.03. The minimum absolute atomic E-state index is 0.0461. The monoisotopic (exact) mass is 546 g/mol. The average molecular weight is 547 g/mol. The maximum Gasteiger partial charge on any atom is 0.130 e. The van der Waals surface area contributed by atoms with Crippen LogP contribution in [-0.4, -0.2) is 25.2 Å². The van der Waals surface area contributed by atoms with Crippen LogP contribution in [0.3, 0.4) is 0 Å². The zero-order valence-electron chi connectivity index (χ0n) is 25.8. The lowest BCUT2D eigenvalue weighted by Crippen LogP contribution is -2.27. The molecule has 0 unspecified atom stereocenters. The smallest absolute Gasteiger partial charge is 0.130 e. The third-order valence-corrected chi connectivity index (χ3v) is 11.1. The van der Waals surface area contributed by atoms with E-state index in [0.29, 0.717) is 17.8 Å². The topological polar surface area (TPSA) is 27.7 Å². The van der Waals surface area contributed by atoms with Crippen molar-refractivity contribution in [2.45, 2.75) is 97.5 Å². The van der Waals surface area contributed by atoms with Gasteiger partial charge in [-0.05, 0) is 71.3 Å². The van der Waals surface area contributed by atoms with Crippen molar-refractivity contribution < 1.29 is 14.2 Å². The van der Waals surface area contributed by atoms with Crippen molar-refractivity contribution in [1.82, 2.24) is 0 Å². The van der Waals surface area contributed by atoms with Gasteiger partial charge >= 0.3 is 0 Å². The lowest BCUT2D eigenvalue weighted by atomic mass is 9.83. The minimum atomic E-state index is -0.685. The van der Waals surface area contributed by atoms with E-state index >= 15 is 0 Å². The van der Waals surface area contributed by atoms with Crippen molar-refractivity contribution in [3.8, 4) is 28.4 Å². The van der Waals surface area contributed by atoms with Crippen molar-refractivity contribution >= 4 is 13.2 Å². The van der Waals surface area contributed by atoms with Crippen LogP contribution in [0.2, 0.25) is 0 Å². The lowest BCUT2D eigenvalue weighted by molar-refractivity contribution is 0.292. The molecule has 0 N–H and O–H groups in total. The first-order valence-electron chi connectivity index (χ1n) is 14.4. The Hall–Kier alpha value is -2.51. The van der Waals surface area contributed by atoms with E-state index in [-0.39, 0.29) is 11.0 Å². The Morgan fingerprint density at radius 3 is 1.79 bits per heavy atom. The van der Waals surface area contributed by atoms with E-state index in [1.165, 1.54) is 27.6 Å². The molecule has 210 valence electrons. The molecule has 1 heterocycles. The molecular weight excluding hydrogens is 499 g/mol. The summed E-state index contributed by atoms with van der Waals surface area (Å²) < 4.78 is 18.6. The van der Waals surface area contributed by atoms with Crippen LogP contribution >= 0.6 is 7.92 Å². The van der Waals surface area contributed by atoms with E-state index in [2.05, 4.69) is 92.6 Å². The predicted molar refractivity (Wildman–Crippen MR) is 168 cm³/mol. The second-order valence-corrected chi connectivity index (χ2v) is 15.8. The molecule has 2 atom stereocenters. The standard InChI is InChI=1S/C35H47O3P/c1-21(2)24-18-26(22(3)4)28(27(19-24)23(5)6)20-32-38-31-17-12-14-25(34(31)39(32)35(7,8)9)33-29(36-10)15-13-16-30(33)37-11/h12-19,21-23,32H,20H2,1-11H3/t32-,39-/m1/s1. The zero-order chi connectivity index (χ0) is 28.6. The minimum Gasteiger partial charge on any atom is -0.496 e. The first-order valence-corrected chi connectivity index (χ1v) is 15.8. The van der Waals surface area contributed by atoms with Crippen LogP contribution in [0.4, 0.5) is 0 Å². The first-order chi connectivity index (χ1) is 18.4. The molecule has 4 heteroatoms. The molecule has 0 saturated heterocycles. The highest BCUT2D eigenvalue weighted by Crippen LogP contribution is 2.61. The molecule has 1 aliphatic heterocycles. The van der Waals surface area contributed by atoms with E-state index in [1.54, 1.807) is 14.2 Å². The zero-order valence-corrected chi connectivity index (χ0v) is 26.7. The third kappa shape index (κ3) is 5.71. The Morgan fingerprint density at radius 1 is 0.795 bits per heavy atom. The summed E-state index contributed by atoms with van der Waals surface area (Å²) in [6.07, 6.45) is 0.916. The second-order valence-electron chi connectivity index (χ2n) is 12.6. The van der Waals surface area contributed by atoms with Crippen LogP contribution in [-0.2, 0) is 6.42 Å². The number of ether oxygens (including phenoxy) is 3. The van der Waals surface area contributed by atoms with Gasteiger partial charge in [0.1, 0.15) is 23.1 Å². The number of hydrogen-bond donors (Lipinski definition) is 0. The van der Waals surface area contributed by atoms with E-state index in [4.69, 9.17) is 14.2 Å². The fourth-order valence-corrected chi connectivity index (χ4v) is 9.16. The molecular formula is C35H47O3P. The van der Waals surface area contributed by atoms with Gasteiger partial charge < -0.3 is 14.2 Å². The molecule has 3 nitrogen and oxygen atoms in total. The van der Waals surface area contributed by atoms with Gasteiger partial charge in [0.2, 0.25) is 0 Å². The van der Waals surface area contributed by atoms with Gasteiger partial charge in [-0.1, -0.05) is 92.6 Å². The van der Waals surface area contributed by atoms with Crippen LogP contribution < -0.4 is 19.5 Å². The van der Waals surface area contributed by atoms with Crippen molar-refractivity contribution in [1.29, 1.82) is 0 Å². The number of rotatable bonds is 8. The maximum atomic E-state index is 6.95. The summed E-state index contributed by atoms with van der Waals surface area (Å²) in [6, 6.07) is 17.4. The Bertz CT molecular complexity index is 1260. The molecule has 39 heavy (non-hydrogen) atoms. The summed E-state index contributed by atoms with van der Waals surface area (Å²) in [4.78, 5) is 0. The Labute approximate surface area is 238 Å². The highest BCUT2D eigenvalue weighted by atomic mass is 31.1. The molecule has 0 fully saturated rings. The van der Waals surface area contributed by atoms with E-state index in [0.717, 1.165) is 34.8 Å². The molecule has 0 bridgehead atoms. The lowest BCUT2D eigenvalue weighted by Gasteiger charge is -2.34. The normalized spacial score (nSPS) is 17.1. The number of benzene rings is 3. The maximum absolute atomic E-state index is 6.95. The van der Waals surface area contributed by atoms with Crippen molar-refractivity contribution in [2.24, 2.45) is 0 Å². The largest absolute Gasteiger partial charge is 0.496 e. The number of methoxy groups -OCH3 is 2. The third-order valence-electron chi connectivity index (χ3n) is 7.84. The highest BCUT2D eigenvalue weighted by Gasteiger charge is 2.44. The summed E-state index contributed by atoms with van der Waals surface area (Å²) in [6.45, 7) is 21.0. The summed E-state index contributed by atoms with van der Waals surface area (Å²) in [7, 11) is 2.78. The van der Waals surface area contributed by atoms with E-state index in [1.807, 2.05) is 18.2 Å². The SMILES string of the molecule is COc1cccc(OC)c1-c1cccc2c1[P@](C(C)(C)C)[C@H](Cc1c(C(C)C)cc(C(C)C)cc1C(C)C)O2. The molecule has 0 spiro atoms. The fourth-order valence-electron chi connectivity index (χ4n) is 5.94. The van der Waals surface area contributed by atoms with Crippen molar-refractivity contribution in [2.75, 3.05) is 14.2 Å². The molecule has 3 aromatic rings. The molecule has 0 radical (unpaired) electrons. The Kier molecular flexibility index (Phi) is 8.72. The van der Waals surface area contributed by atoms with Gasteiger partial charge in [-0.2, -0.15) is 0 Å². The number of hydrogen-bond acceptors (Lipinski definition) is 3. The van der Waals surface area contributed by atoms with Gasteiger partial charge in [0, 0.05) is 17.3 Å². The summed E-state index contributed by atoms with van der Waals surface area (Å²) in [5, 5.41) is 1.37. The molecule has 1 aliphatic rings. The van der Waals surface area contributed by atoms with Gasteiger partial charge in [0.25, 0.3) is 0 Å². The molecule has 0 amide bonds. The molecule has 0 aliphatic carbocycles. The van der Waals surface area contributed by atoms with Crippen LogP contribution in [0, 0.1) is 0 Å². The van der Waals surface area contributed by atoms with Crippen LogP contribution in [0.15, 0.2) is 48.5 Å². The van der Waals surface area contributed by atoms with E-state index < -0.39 is 7.92 Å². The Balaban J connectivity index is 1.90. The van der Waals surface area contributed by atoms with Crippen molar-refractivity contribution in [3.63, 3.8) is 0 Å². The number of fused-ring (bicyclic) bond motifs is 1. The van der Waals surface area contributed by atoms with Crippen LogP contribution in [0.5, 0.6) is 17.2 Å². The first kappa shape index (κ1) is 29.5. The Morgan fingerprint density at radius 2 is 1.33 bits per heavy atom. The van der Waals surface area contributed by atoms with Gasteiger partial charge in [-0.3, -0.25) is 0 Å². The van der Waals surface area contributed by atoms with Gasteiger partial charge in [-0.25, -0.2) is 0 Å². The molecule has 0 aromatic heterocycles. The predicted octanol–water partition coefficient (Wildman–Crippen LogP) is 9.61. The van der Waals surface area contributed by atoms with Crippen LogP contribution in [0.25, 0.3) is 11.1 Å². The molecule has 0 saturated carbocycles. The average Bonchev–Trinajstić information content (AvgIpc) is 3.26. The fraction of sp³-hybridized carbons (Fsp3) is 0.486. The molecule has 4 rings (SSSR count). The summed E-state index contributed by atoms with van der Waals surface area (Å²) >= 11 is 0. The van der Waals surface area contributed by atoms with Crippen LogP contribution in [0.1, 0.15) is 102 Å². The van der Waals surface area contributed by atoms with Crippen molar-refractivity contribution in [3.05, 3.63) is 70.8 Å². The summed E-state index contributed by atoms with van der Waals surface area (Å²) in [5.74, 6) is 4.15. The van der Waals surface area contributed by atoms with Gasteiger partial charge in [0.05, 0.1) is 19.8 Å². The molecule has 3 aromatic carbocycles. The quantitative estimate of drug-likeness (QED) is 0.263. The van der Waals surface area contributed by atoms with Gasteiger partial charge in [0.15, 0.2) is 0 Å². The van der Waals surface area contributed by atoms with E-state index in [9.17, 15) is 0 Å².